The van der Waals surface area contributed by atoms with E-state index in [0.717, 1.165) is 12.8 Å². The summed E-state index contributed by atoms with van der Waals surface area (Å²) in [5.74, 6) is -0.747. The SMILES string of the molecule is CC(C)c1ccc(C(=O)NC2CC2)nc1F. The number of aromatic nitrogens is 1. The number of carbonyl (C=O) groups excluding carboxylic acids is 1. The zero-order chi connectivity index (χ0) is 11.7. The first-order valence-electron chi connectivity index (χ1n) is 5.55. The molecule has 0 bridgehead atoms. The maximum atomic E-state index is 13.5. The van der Waals surface area contributed by atoms with Crippen LogP contribution in [0.4, 0.5) is 4.39 Å². The summed E-state index contributed by atoms with van der Waals surface area (Å²) in [6.07, 6.45) is 2.02. The molecule has 16 heavy (non-hydrogen) atoms. The fourth-order valence-electron chi connectivity index (χ4n) is 1.49. The summed E-state index contributed by atoms with van der Waals surface area (Å²) in [4.78, 5) is 15.3. The van der Waals surface area contributed by atoms with E-state index in [4.69, 9.17) is 0 Å². The highest BCUT2D eigenvalue weighted by Gasteiger charge is 2.24. The number of nitrogens with one attached hydrogen (secondary N) is 1. The van der Waals surface area contributed by atoms with Crippen LogP contribution in [0.1, 0.15) is 48.7 Å². The molecule has 1 amide bonds. The molecule has 0 radical (unpaired) electrons. The van der Waals surface area contributed by atoms with E-state index in [0.29, 0.717) is 5.56 Å². The number of rotatable bonds is 3. The fourth-order valence-corrected chi connectivity index (χ4v) is 1.49. The van der Waals surface area contributed by atoms with Gasteiger partial charge in [0, 0.05) is 11.6 Å². The van der Waals surface area contributed by atoms with Crippen molar-refractivity contribution in [3.63, 3.8) is 0 Å². The van der Waals surface area contributed by atoms with Gasteiger partial charge in [-0.25, -0.2) is 4.98 Å². The van der Waals surface area contributed by atoms with Gasteiger partial charge in [-0.1, -0.05) is 19.9 Å². The minimum Gasteiger partial charge on any atom is -0.348 e. The van der Waals surface area contributed by atoms with Gasteiger partial charge in [0.05, 0.1) is 0 Å². The van der Waals surface area contributed by atoms with Gasteiger partial charge in [-0.15, -0.1) is 0 Å². The summed E-state index contributed by atoms with van der Waals surface area (Å²) in [6, 6.07) is 3.48. The quantitative estimate of drug-likeness (QED) is 0.797. The molecule has 0 saturated heterocycles. The lowest BCUT2D eigenvalue weighted by molar-refractivity contribution is 0.0945. The highest BCUT2D eigenvalue weighted by molar-refractivity contribution is 5.92. The summed E-state index contributed by atoms with van der Waals surface area (Å²) in [7, 11) is 0. The van der Waals surface area contributed by atoms with Crippen LogP contribution in [0.5, 0.6) is 0 Å². The lowest BCUT2D eigenvalue weighted by Gasteiger charge is -2.08. The second-order valence-corrected chi connectivity index (χ2v) is 4.48. The molecule has 0 spiro atoms. The maximum Gasteiger partial charge on any atom is 0.270 e. The largest absolute Gasteiger partial charge is 0.348 e. The second kappa shape index (κ2) is 4.20. The summed E-state index contributed by atoms with van der Waals surface area (Å²) in [6.45, 7) is 3.79. The molecule has 2 rings (SSSR count). The van der Waals surface area contributed by atoms with Crippen molar-refractivity contribution in [2.24, 2.45) is 0 Å². The molecule has 1 N–H and O–H groups in total. The number of pyridine rings is 1. The molecular weight excluding hydrogens is 207 g/mol. The second-order valence-electron chi connectivity index (χ2n) is 4.48. The predicted octanol–water partition coefficient (Wildman–Crippen LogP) is 2.24. The maximum absolute atomic E-state index is 13.5. The number of halogens is 1. The van der Waals surface area contributed by atoms with Gasteiger partial charge in [0.25, 0.3) is 5.91 Å². The zero-order valence-corrected chi connectivity index (χ0v) is 9.46. The molecule has 3 nitrogen and oxygen atoms in total. The third-order valence-corrected chi connectivity index (χ3v) is 2.64. The Bertz CT molecular complexity index is 413. The predicted molar refractivity (Wildman–Crippen MR) is 58.8 cm³/mol. The standard InChI is InChI=1S/C12H15FN2O/c1-7(2)9-5-6-10(15-11(9)13)12(16)14-8-3-4-8/h5-8H,3-4H2,1-2H3,(H,14,16). The molecule has 1 aliphatic rings. The molecule has 1 aliphatic carbocycles. The minimum absolute atomic E-state index is 0.0769. The van der Waals surface area contributed by atoms with Crippen LogP contribution in [0.25, 0.3) is 0 Å². The molecule has 1 saturated carbocycles. The average Bonchev–Trinajstić information content (AvgIpc) is 3.00. The molecule has 4 heteroatoms. The summed E-state index contributed by atoms with van der Waals surface area (Å²) >= 11 is 0. The van der Waals surface area contributed by atoms with Crippen molar-refractivity contribution in [2.75, 3.05) is 0 Å². The summed E-state index contributed by atoms with van der Waals surface area (Å²) < 4.78 is 13.5. The van der Waals surface area contributed by atoms with Crippen LogP contribution in [-0.2, 0) is 0 Å². The smallest absolute Gasteiger partial charge is 0.270 e. The molecule has 1 fully saturated rings. The highest BCUT2D eigenvalue weighted by Crippen LogP contribution is 2.20. The first-order chi connectivity index (χ1) is 7.58. The number of hydrogen-bond acceptors (Lipinski definition) is 2. The summed E-state index contributed by atoms with van der Waals surface area (Å²) in [5, 5.41) is 2.78. The lowest BCUT2D eigenvalue weighted by atomic mass is 10.1. The van der Waals surface area contributed by atoms with E-state index in [1.165, 1.54) is 0 Å². The van der Waals surface area contributed by atoms with E-state index in [1.807, 2.05) is 13.8 Å². The van der Waals surface area contributed by atoms with Crippen molar-refractivity contribution in [3.8, 4) is 0 Å². The molecule has 1 aromatic heterocycles. The molecular formula is C12H15FN2O. The molecule has 0 unspecified atom stereocenters. The van der Waals surface area contributed by atoms with Gasteiger partial charge in [-0.3, -0.25) is 4.79 Å². The van der Waals surface area contributed by atoms with Gasteiger partial charge in [-0.2, -0.15) is 4.39 Å². The Labute approximate surface area is 94.1 Å². The number of amides is 1. The van der Waals surface area contributed by atoms with Crippen molar-refractivity contribution < 1.29 is 9.18 Å². The van der Waals surface area contributed by atoms with Gasteiger partial charge in [-0.05, 0) is 24.8 Å². The first-order valence-corrected chi connectivity index (χ1v) is 5.55. The van der Waals surface area contributed by atoms with Crippen LogP contribution >= 0.6 is 0 Å². The molecule has 86 valence electrons. The van der Waals surface area contributed by atoms with Crippen LogP contribution in [0, 0.1) is 5.95 Å². The Morgan fingerprint density at radius 2 is 2.19 bits per heavy atom. The third-order valence-electron chi connectivity index (χ3n) is 2.64. The van der Waals surface area contributed by atoms with Crippen molar-refractivity contribution in [2.45, 2.75) is 38.6 Å². The van der Waals surface area contributed by atoms with E-state index < -0.39 is 5.95 Å². The van der Waals surface area contributed by atoms with Gasteiger partial charge in [0.2, 0.25) is 5.95 Å². The minimum atomic E-state index is -0.543. The zero-order valence-electron chi connectivity index (χ0n) is 9.46. The van der Waals surface area contributed by atoms with E-state index in [2.05, 4.69) is 10.3 Å². The van der Waals surface area contributed by atoms with Crippen molar-refractivity contribution in [3.05, 3.63) is 29.3 Å². The Morgan fingerprint density at radius 3 is 2.69 bits per heavy atom. The number of nitrogens with zero attached hydrogens (tertiary/aromatic N) is 1. The Hall–Kier alpha value is -1.45. The highest BCUT2D eigenvalue weighted by atomic mass is 19.1. The number of carbonyl (C=O) groups is 1. The number of hydrogen-bond donors (Lipinski definition) is 1. The van der Waals surface area contributed by atoms with Crippen LogP contribution in [0.15, 0.2) is 12.1 Å². The van der Waals surface area contributed by atoms with Crippen LogP contribution < -0.4 is 5.32 Å². The topological polar surface area (TPSA) is 42.0 Å². The first kappa shape index (κ1) is 11.0. The van der Waals surface area contributed by atoms with Crippen molar-refractivity contribution in [1.82, 2.24) is 10.3 Å². The molecule has 0 atom stereocenters. The molecule has 1 aromatic rings. The Morgan fingerprint density at radius 1 is 1.50 bits per heavy atom. The van der Waals surface area contributed by atoms with Gasteiger partial charge in [0.1, 0.15) is 5.69 Å². The van der Waals surface area contributed by atoms with Crippen LogP contribution in [-0.4, -0.2) is 16.9 Å². The molecule has 1 heterocycles. The van der Waals surface area contributed by atoms with E-state index >= 15 is 0 Å². The normalized spacial score (nSPS) is 15.2. The molecule has 0 aromatic carbocycles. The Balaban J connectivity index is 2.16. The van der Waals surface area contributed by atoms with E-state index in [-0.39, 0.29) is 23.6 Å². The van der Waals surface area contributed by atoms with Crippen molar-refractivity contribution >= 4 is 5.91 Å². The Kier molecular flexibility index (Phi) is 2.90. The summed E-state index contributed by atoms with van der Waals surface area (Å²) in [5.41, 5.74) is 0.705. The van der Waals surface area contributed by atoms with Gasteiger partial charge < -0.3 is 5.32 Å². The fraction of sp³-hybridized carbons (Fsp3) is 0.500. The van der Waals surface area contributed by atoms with E-state index in [1.54, 1.807) is 12.1 Å². The average molecular weight is 222 g/mol. The lowest BCUT2D eigenvalue weighted by Crippen LogP contribution is -2.26. The monoisotopic (exact) mass is 222 g/mol. The van der Waals surface area contributed by atoms with Crippen LogP contribution in [0.3, 0.4) is 0 Å². The van der Waals surface area contributed by atoms with E-state index in [9.17, 15) is 9.18 Å². The van der Waals surface area contributed by atoms with Crippen LogP contribution in [0.2, 0.25) is 0 Å². The van der Waals surface area contributed by atoms with Crippen molar-refractivity contribution in [1.29, 1.82) is 0 Å². The molecule has 0 aliphatic heterocycles. The van der Waals surface area contributed by atoms with Gasteiger partial charge >= 0.3 is 0 Å². The van der Waals surface area contributed by atoms with Gasteiger partial charge in [0.15, 0.2) is 0 Å². The third kappa shape index (κ3) is 2.38.